The molecule has 1 amide bonds. The van der Waals surface area contributed by atoms with E-state index < -0.39 is 0 Å². The van der Waals surface area contributed by atoms with E-state index in [0.717, 1.165) is 18.5 Å². The van der Waals surface area contributed by atoms with Gasteiger partial charge in [0, 0.05) is 31.9 Å². The van der Waals surface area contributed by atoms with E-state index in [-0.39, 0.29) is 5.91 Å². The summed E-state index contributed by atoms with van der Waals surface area (Å²) >= 11 is 0. The third-order valence-corrected chi connectivity index (χ3v) is 2.76. The van der Waals surface area contributed by atoms with E-state index in [9.17, 15) is 4.79 Å². The number of hydrogen-bond donors (Lipinski definition) is 1. The summed E-state index contributed by atoms with van der Waals surface area (Å²) in [6.07, 6.45) is 5.13. The first-order valence-corrected chi connectivity index (χ1v) is 6.46. The van der Waals surface area contributed by atoms with E-state index in [1.165, 1.54) is 0 Å². The highest BCUT2D eigenvalue weighted by molar-refractivity contribution is 5.76. The van der Waals surface area contributed by atoms with Crippen LogP contribution in [0.5, 0.6) is 0 Å². The summed E-state index contributed by atoms with van der Waals surface area (Å²) in [4.78, 5) is 17.9. The summed E-state index contributed by atoms with van der Waals surface area (Å²) in [6.45, 7) is 1.82. The molecule has 1 aromatic heterocycles. The van der Waals surface area contributed by atoms with E-state index in [1.807, 2.05) is 19.2 Å². The van der Waals surface area contributed by atoms with E-state index in [1.54, 1.807) is 17.3 Å². The van der Waals surface area contributed by atoms with Gasteiger partial charge in [-0.15, -0.1) is 0 Å². The van der Waals surface area contributed by atoms with Gasteiger partial charge in [0.1, 0.15) is 0 Å². The Hall–Kier alpha value is -1.93. The van der Waals surface area contributed by atoms with Crippen LogP contribution in [0.2, 0.25) is 0 Å². The fourth-order valence-electron chi connectivity index (χ4n) is 1.76. The number of nitrogens with zero attached hydrogens (tertiary/aromatic N) is 3. The second-order valence-electron chi connectivity index (χ2n) is 4.29. The molecule has 1 rings (SSSR count). The Kier molecular flexibility index (Phi) is 7.21. The van der Waals surface area contributed by atoms with E-state index in [0.29, 0.717) is 25.9 Å². The number of pyridine rings is 1. The molecular weight excluding hydrogens is 240 g/mol. The first kappa shape index (κ1) is 15.1. The molecule has 0 unspecified atom stereocenters. The molecule has 102 valence electrons. The van der Waals surface area contributed by atoms with Crippen molar-refractivity contribution in [2.45, 2.75) is 25.8 Å². The van der Waals surface area contributed by atoms with Gasteiger partial charge in [-0.1, -0.05) is 6.07 Å². The van der Waals surface area contributed by atoms with Gasteiger partial charge in [-0.05, 0) is 31.6 Å². The minimum Gasteiger partial charge on any atom is -0.337 e. The van der Waals surface area contributed by atoms with Gasteiger partial charge in [-0.25, -0.2) is 0 Å². The van der Waals surface area contributed by atoms with Crippen LogP contribution in [0.25, 0.3) is 0 Å². The first-order chi connectivity index (χ1) is 9.27. The number of carbonyl (C=O) groups is 1. The van der Waals surface area contributed by atoms with Crippen molar-refractivity contribution in [3.8, 4) is 6.07 Å². The molecular formula is C14H20N4O. The average molecular weight is 260 g/mol. The smallest absolute Gasteiger partial charge is 0.222 e. The van der Waals surface area contributed by atoms with Crippen LogP contribution in [-0.4, -0.2) is 35.9 Å². The van der Waals surface area contributed by atoms with Crippen LogP contribution in [0, 0.1) is 11.3 Å². The zero-order chi connectivity index (χ0) is 13.9. The number of carbonyl (C=O) groups excluding carboxylic acids is 1. The summed E-state index contributed by atoms with van der Waals surface area (Å²) in [5, 5.41) is 11.7. The lowest BCUT2D eigenvalue weighted by Gasteiger charge is -2.21. The maximum Gasteiger partial charge on any atom is 0.222 e. The number of nitrogens with one attached hydrogen (secondary N) is 1. The Morgan fingerprint density at radius 2 is 2.42 bits per heavy atom. The zero-order valence-electron chi connectivity index (χ0n) is 11.3. The first-order valence-electron chi connectivity index (χ1n) is 6.46. The molecule has 1 aromatic rings. The predicted octanol–water partition coefficient (Wildman–Crippen LogP) is 1.32. The highest BCUT2D eigenvalue weighted by atomic mass is 16.2. The van der Waals surface area contributed by atoms with Gasteiger partial charge in [0.2, 0.25) is 5.91 Å². The molecule has 0 radical (unpaired) electrons. The van der Waals surface area contributed by atoms with Crippen LogP contribution in [0.4, 0.5) is 0 Å². The van der Waals surface area contributed by atoms with Crippen molar-refractivity contribution in [3.63, 3.8) is 0 Å². The largest absolute Gasteiger partial charge is 0.337 e. The van der Waals surface area contributed by atoms with Gasteiger partial charge in [0.15, 0.2) is 0 Å². The van der Waals surface area contributed by atoms with Crippen molar-refractivity contribution in [3.05, 3.63) is 30.1 Å². The Bertz CT molecular complexity index is 413. The molecule has 19 heavy (non-hydrogen) atoms. The average Bonchev–Trinajstić information content (AvgIpc) is 2.44. The maximum atomic E-state index is 12.1. The Morgan fingerprint density at radius 1 is 1.58 bits per heavy atom. The van der Waals surface area contributed by atoms with Crippen molar-refractivity contribution in [1.29, 1.82) is 5.26 Å². The predicted molar refractivity (Wildman–Crippen MR) is 73.0 cm³/mol. The summed E-state index contributed by atoms with van der Waals surface area (Å²) in [5.74, 6) is 0.0920. The lowest BCUT2D eigenvalue weighted by atomic mass is 10.2. The molecule has 0 saturated carbocycles. The Morgan fingerprint density at radius 3 is 3.05 bits per heavy atom. The fraction of sp³-hybridized carbons (Fsp3) is 0.500. The molecule has 0 fully saturated rings. The quantitative estimate of drug-likeness (QED) is 0.716. The van der Waals surface area contributed by atoms with Crippen LogP contribution in [0.15, 0.2) is 24.5 Å². The molecule has 0 bridgehead atoms. The molecule has 0 aromatic carbocycles. The van der Waals surface area contributed by atoms with Crippen LogP contribution >= 0.6 is 0 Å². The Labute approximate surface area is 114 Å². The third-order valence-electron chi connectivity index (χ3n) is 2.76. The molecule has 0 aliphatic carbocycles. The number of hydrogen-bond acceptors (Lipinski definition) is 4. The number of aromatic nitrogens is 1. The third kappa shape index (κ3) is 5.98. The topological polar surface area (TPSA) is 69.0 Å². The van der Waals surface area contributed by atoms with Gasteiger partial charge in [-0.3, -0.25) is 9.78 Å². The van der Waals surface area contributed by atoms with Crippen LogP contribution in [-0.2, 0) is 11.3 Å². The molecule has 0 aliphatic rings. The van der Waals surface area contributed by atoms with E-state index in [2.05, 4.69) is 16.4 Å². The van der Waals surface area contributed by atoms with Crippen molar-refractivity contribution in [2.24, 2.45) is 0 Å². The maximum absolute atomic E-state index is 12.1. The van der Waals surface area contributed by atoms with E-state index in [4.69, 9.17) is 5.26 Å². The van der Waals surface area contributed by atoms with Crippen molar-refractivity contribution in [1.82, 2.24) is 15.2 Å². The van der Waals surface area contributed by atoms with Gasteiger partial charge >= 0.3 is 0 Å². The summed E-state index contributed by atoms with van der Waals surface area (Å²) in [5.41, 5.74) is 0.988. The second-order valence-corrected chi connectivity index (χ2v) is 4.29. The molecule has 1 N–H and O–H groups in total. The number of nitriles is 1. The number of amides is 1. The molecule has 0 spiro atoms. The van der Waals surface area contributed by atoms with Crippen LogP contribution in [0.3, 0.4) is 0 Å². The number of rotatable bonds is 8. The molecule has 5 heteroatoms. The fourth-order valence-corrected chi connectivity index (χ4v) is 1.76. The monoisotopic (exact) mass is 260 g/mol. The lowest BCUT2D eigenvalue weighted by Crippen LogP contribution is -2.31. The van der Waals surface area contributed by atoms with Crippen LogP contribution < -0.4 is 5.32 Å². The highest BCUT2D eigenvalue weighted by Crippen LogP contribution is 2.06. The normalized spacial score (nSPS) is 9.89. The van der Waals surface area contributed by atoms with Gasteiger partial charge in [-0.2, -0.15) is 5.26 Å². The minimum absolute atomic E-state index is 0.0920. The summed E-state index contributed by atoms with van der Waals surface area (Å²) < 4.78 is 0. The van der Waals surface area contributed by atoms with Gasteiger partial charge in [0.05, 0.1) is 12.5 Å². The van der Waals surface area contributed by atoms with E-state index >= 15 is 0 Å². The molecule has 0 saturated heterocycles. The summed E-state index contributed by atoms with van der Waals surface area (Å²) in [7, 11) is 1.87. The standard InChI is InChI=1S/C14H20N4O/c1-16-8-3-6-14(19)18(10-4-7-15)12-13-5-2-9-17-11-13/h2,5,9,11,16H,3-4,6,8,10,12H2,1H3. The lowest BCUT2D eigenvalue weighted by molar-refractivity contribution is -0.131. The van der Waals surface area contributed by atoms with Gasteiger partial charge in [0.25, 0.3) is 0 Å². The summed E-state index contributed by atoms with van der Waals surface area (Å²) in [6, 6.07) is 5.87. The second kappa shape index (κ2) is 9.06. The molecule has 0 aliphatic heterocycles. The van der Waals surface area contributed by atoms with Crippen molar-refractivity contribution in [2.75, 3.05) is 20.1 Å². The molecule has 1 heterocycles. The minimum atomic E-state index is 0.0920. The van der Waals surface area contributed by atoms with Gasteiger partial charge < -0.3 is 10.2 Å². The van der Waals surface area contributed by atoms with Crippen molar-refractivity contribution >= 4 is 5.91 Å². The zero-order valence-corrected chi connectivity index (χ0v) is 11.3. The van der Waals surface area contributed by atoms with Crippen molar-refractivity contribution < 1.29 is 4.79 Å². The van der Waals surface area contributed by atoms with Crippen LogP contribution in [0.1, 0.15) is 24.8 Å². The highest BCUT2D eigenvalue weighted by Gasteiger charge is 2.13. The Balaban J connectivity index is 2.56. The molecule has 0 atom stereocenters. The SMILES string of the molecule is CNCCCC(=O)N(CCC#N)Cc1cccnc1. The molecule has 5 nitrogen and oxygen atoms in total.